The van der Waals surface area contributed by atoms with Gasteiger partial charge in [0, 0.05) is 6.42 Å². The number of carbonyl (C=O) groups is 1. The Bertz CT molecular complexity index is 526. The summed E-state index contributed by atoms with van der Waals surface area (Å²) in [6.07, 6.45) is -6.33. The zero-order valence-corrected chi connectivity index (χ0v) is 18.0. The van der Waals surface area contributed by atoms with Crippen LogP contribution in [-0.4, -0.2) is 61.0 Å². The van der Waals surface area contributed by atoms with Crippen LogP contribution >= 0.6 is 0 Å². The van der Waals surface area contributed by atoms with Crippen LogP contribution in [0.3, 0.4) is 0 Å². The molecule has 1 aliphatic rings. The van der Waals surface area contributed by atoms with E-state index in [1.165, 1.54) is 0 Å². The van der Waals surface area contributed by atoms with Crippen LogP contribution in [0.1, 0.15) is 48.0 Å². The molecule has 1 heterocycles. The molecule has 0 aromatic carbocycles. The Hall–Kier alpha value is -0.803. The Kier molecular flexibility index (Phi) is 6.24. The number of ether oxygens (including phenoxy) is 1. The van der Waals surface area contributed by atoms with Gasteiger partial charge in [-0.2, -0.15) is 13.2 Å². The maximum atomic E-state index is 13.3. The van der Waals surface area contributed by atoms with Crippen molar-refractivity contribution in [2.75, 3.05) is 13.2 Å². The summed E-state index contributed by atoms with van der Waals surface area (Å²) in [4.78, 5) is 13.3. The van der Waals surface area contributed by atoms with Crippen LogP contribution in [-0.2, 0) is 9.16 Å². The number of rotatable bonds is 3. The van der Waals surface area contributed by atoms with Gasteiger partial charge in [-0.1, -0.05) is 20.8 Å². The third kappa shape index (κ3) is 5.36. The third-order valence-corrected chi connectivity index (χ3v) is 9.55. The molecule has 0 bridgehead atoms. The minimum atomic E-state index is -4.83. The quantitative estimate of drug-likeness (QED) is 0.719. The van der Waals surface area contributed by atoms with Gasteiger partial charge in [0.1, 0.15) is 5.60 Å². The van der Waals surface area contributed by atoms with E-state index >= 15 is 0 Å². The molecule has 0 unspecified atom stereocenters. The average molecular weight is 400 g/mol. The third-order valence-electron chi connectivity index (χ3n) is 5.04. The van der Waals surface area contributed by atoms with Crippen LogP contribution in [0.25, 0.3) is 0 Å². The summed E-state index contributed by atoms with van der Waals surface area (Å²) in [5.74, 6) is 0. The van der Waals surface area contributed by atoms with Crippen molar-refractivity contribution >= 4 is 14.4 Å². The van der Waals surface area contributed by atoms with E-state index in [1.54, 1.807) is 20.8 Å². The highest BCUT2D eigenvalue weighted by Gasteiger charge is 2.61. The second-order valence-corrected chi connectivity index (χ2v) is 14.4. The molecule has 1 aliphatic heterocycles. The van der Waals surface area contributed by atoms with Gasteiger partial charge < -0.3 is 14.3 Å². The Balaban J connectivity index is 3.02. The summed E-state index contributed by atoms with van der Waals surface area (Å²) < 4.78 is 51.1. The van der Waals surface area contributed by atoms with Crippen molar-refractivity contribution in [1.29, 1.82) is 0 Å². The lowest BCUT2D eigenvalue weighted by Gasteiger charge is -2.38. The average Bonchev–Trinajstić information content (AvgIpc) is 2.71. The lowest BCUT2D eigenvalue weighted by atomic mass is 10.0. The highest BCUT2D eigenvalue weighted by atomic mass is 28.4. The SMILES string of the molecule is CC(C)(C)OC(=O)N1C[C@](O)(C(F)(F)F)C[C@H]1CO[Si](C)(C)C(C)(C)C. The normalized spacial score (nSPS) is 25.5. The maximum Gasteiger partial charge on any atom is 0.419 e. The molecule has 154 valence electrons. The fourth-order valence-electron chi connectivity index (χ4n) is 2.38. The predicted octanol–water partition coefficient (Wildman–Crippen LogP) is 4.31. The number of aliphatic hydroxyl groups is 1. The number of hydrogen-bond donors (Lipinski definition) is 1. The van der Waals surface area contributed by atoms with Crippen LogP contribution in [0.5, 0.6) is 0 Å². The molecular formula is C17H32F3NO4Si. The molecule has 9 heteroatoms. The molecule has 1 rings (SSSR count). The topological polar surface area (TPSA) is 59.0 Å². The highest BCUT2D eigenvalue weighted by Crippen LogP contribution is 2.42. The molecule has 0 aromatic rings. The van der Waals surface area contributed by atoms with Crippen molar-refractivity contribution in [2.24, 2.45) is 0 Å². The van der Waals surface area contributed by atoms with Crippen molar-refractivity contribution in [3.05, 3.63) is 0 Å². The summed E-state index contributed by atoms with van der Waals surface area (Å²) in [5.41, 5.74) is -3.80. The Labute approximate surface area is 155 Å². The number of likely N-dealkylation sites (tertiary alicyclic amines) is 1. The first kappa shape index (κ1) is 23.2. The van der Waals surface area contributed by atoms with Crippen LogP contribution in [0.2, 0.25) is 18.1 Å². The first-order valence-corrected chi connectivity index (χ1v) is 11.6. The van der Waals surface area contributed by atoms with Crippen molar-refractivity contribution < 1.29 is 32.2 Å². The zero-order valence-electron chi connectivity index (χ0n) is 17.0. The molecule has 1 fully saturated rings. The van der Waals surface area contributed by atoms with Crippen LogP contribution < -0.4 is 0 Å². The van der Waals surface area contributed by atoms with Gasteiger partial charge in [-0.15, -0.1) is 0 Å². The fraction of sp³-hybridized carbons (Fsp3) is 0.941. The van der Waals surface area contributed by atoms with Gasteiger partial charge in [0.15, 0.2) is 13.9 Å². The molecule has 26 heavy (non-hydrogen) atoms. The van der Waals surface area contributed by atoms with E-state index in [0.29, 0.717) is 0 Å². The number of β-amino-alcohol motifs (C(OH)–C–C–N with tert-alkyl or cyclic N) is 1. The summed E-state index contributed by atoms with van der Waals surface area (Å²) in [6, 6.07) is -0.898. The van der Waals surface area contributed by atoms with Gasteiger partial charge >= 0.3 is 12.3 Å². The first-order chi connectivity index (χ1) is 11.3. The van der Waals surface area contributed by atoms with Crippen molar-refractivity contribution in [2.45, 2.75) is 89.5 Å². The molecule has 1 saturated heterocycles. The van der Waals surface area contributed by atoms with Crippen LogP contribution in [0.15, 0.2) is 0 Å². The summed E-state index contributed by atoms with van der Waals surface area (Å²) in [6.45, 7) is 14.0. The number of amides is 1. The zero-order chi connectivity index (χ0) is 20.8. The van der Waals surface area contributed by atoms with Gasteiger partial charge in [-0.3, -0.25) is 4.90 Å². The monoisotopic (exact) mass is 399 g/mol. The van der Waals surface area contributed by atoms with Gasteiger partial charge in [-0.05, 0) is 38.9 Å². The van der Waals surface area contributed by atoms with E-state index in [0.717, 1.165) is 4.90 Å². The Morgan fingerprint density at radius 3 is 2.08 bits per heavy atom. The molecule has 0 aromatic heterocycles. The van der Waals surface area contributed by atoms with E-state index in [1.807, 2.05) is 33.9 Å². The summed E-state index contributed by atoms with van der Waals surface area (Å²) in [7, 11) is -2.22. The molecule has 0 radical (unpaired) electrons. The van der Waals surface area contributed by atoms with E-state index < -0.39 is 50.8 Å². The van der Waals surface area contributed by atoms with Crippen molar-refractivity contribution in [1.82, 2.24) is 4.90 Å². The summed E-state index contributed by atoms with van der Waals surface area (Å²) in [5, 5.41) is 9.96. The highest BCUT2D eigenvalue weighted by molar-refractivity contribution is 6.74. The molecule has 1 N–H and O–H groups in total. The number of hydrogen-bond acceptors (Lipinski definition) is 4. The minimum absolute atomic E-state index is 0.0614. The number of halogens is 3. The smallest absolute Gasteiger partial charge is 0.419 e. The van der Waals surface area contributed by atoms with Gasteiger partial charge in [0.2, 0.25) is 0 Å². The fourth-order valence-corrected chi connectivity index (χ4v) is 3.43. The molecule has 5 nitrogen and oxygen atoms in total. The number of nitrogens with zero attached hydrogens (tertiary/aromatic N) is 1. The lowest BCUT2D eigenvalue weighted by Crippen LogP contribution is -2.49. The standard InChI is InChI=1S/C17H32F3NO4Si/c1-14(2,3)25-13(22)21-11-16(23,17(18,19)20)9-12(21)10-24-26(7,8)15(4,5)6/h12,23H,9-11H2,1-8H3/t12-,16-/m0/s1. The predicted molar refractivity (Wildman–Crippen MR) is 95.5 cm³/mol. The van der Waals surface area contributed by atoms with Crippen molar-refractivity contribution in [3.63, 3.8) is 0 Å². The largest absolute Gasteiger partial charge is 0.444 e. The molecule has 0 spiro atoms. The van der Waals surface area contributed by atoms with Gasteiger partial charge in [0.05, 0.1) is 19.2 Å². The van der Waals surface area contributed by atoms with Gasteiger partial charge in [0.25, 0.3) is 0 Å². The number of carbonyl (C=O) groups excluding carboxylic acids is 1. The van der Waals surface area contributed by atoms with Crippen LogP contribution in [0.4, 0.5) is 18.0 Å². The number of alkyl halides is 3. The molecule has 0 saturated carbocycles. The Morgan fingerprint density at radius 2 is 1.69 bits per heavy atom. The molecule has 2 atom stereocenters. The molecule has 0 aliphatic carbocycles. The first-order valence-electron chi connectivity index (χ1n) is 8.72. The van der Waals surface area contributed by atoms with E-state index in [2.05, 4.69) is 0 Å². The van der Waals surface area contributed by atoms with Crippen molar-refractivity contribution in [3.8, 4) is 0 Å². The van der Waals surface area contributed by atoms with E-state index in [4.69, 9.17) is 9.16 Å². The maximum absolute atomic E-state index is 13.3. The molecule has 1 amide bonds. The minimum Gasteiger partial charge on any atom is -0.444 e. The lowest BCUT2D eigenvalue weighted by molar-refractivity contribution is -0.253. The second-order valence-electron chi connectivity index (χ2n) is 9.57. The van der Waals surface area contributed by atoms with Crippen LogP contribution in [0, 0.1) is 0 Å². The second kappa shape index (κ2) is 6.98. The van der Waals surface area contributed by atoms with E-state index in [9.17, 15) is 23.1 Å². The molecular weight excluding hydrogens is 367 g/mol. The Morgan fingerprint density at radius 1 is 1.19 bits per heavy atom. The summed E-state index contributed by atoms with van der Waals surface area (Å²) >= 11 is 0. The van der Waals surface area contributed by atoms with E-state index in [-0.39, 0.29) is 11.6 Å². The van der Waals surface area contributed by atoms with Gasteiger partial charge in [-0.25, -0.2) is 4.79 Å².